The largest absolute Gasteiger partial charge is 0.321 e. The maximum absolute atomic E-state index is 12.9. The summed E-state index contributed by atoms with van der Waals surface area (Å²) in [5.74, 6) is -0.378. The molecule has 3 aromatic carbocycles. The van der Waals surface area contributed by atoms with Crippen molar-refractivity contribution in [2.24, 2.45) is 0 Å². The first-order valence-electron chi connectivity index (χ1n) is 9.62. The van der Waals surface area contributed by atoms with E-state index in [-0.39, 0.29) is 16.6 Å². The number of rotatable bonds is 5. The molecule has 0 atom stereocenters. The van der Waals surface area contributed by atoms with E-state index in [9.17, 15) is 18.0 Å². The predicted molar refractivity (Wildman–Crippen MR) is 120 cm³/mol. The van der Waals surface area contributed by atoms with Gasteiger partial charge in [0.05, 0.1) is 4.90 Å². The van der Waals surface area contributed by atoms with Gasteiger partial charge in [0.1, 0.15) is 0 Å². The average Bonchev–Trinajstić information content (AvgIpc) is 3.09. The number of hydrogen-bond acceptors (Lipinski definition) is 4. The van der Waals surface area contributed by atoms with Crippen molar-refractivity contribution in [3.8, 4) is 0 Å². The summed E-state index contributed by atoms with van der Waals surface area (Å²) in [6.07, 6.45) is 0. The van der Waals surface area contributed by atoms with E-state index in [1.54, 1.807) is 54.6 Å². The first-order chi connectivity index (χ1) is 14.8. The number of carbonyl (C=O) groups is 2. The molecule has 1 aliphatic heterocycles. The Bertz CT molecular complexity index is 1320. The Morgan fingerprint density at radius 1 is 0.871 bits per heavy atom. The third-order valence-electron chi connectivity index (χ3n) is 4.98. The quantitative estimate of drug-likeness (QED) is 0.460. The summed E-state index contributed by atoms with van der Waals surface area (Å²) in [5, 5.41) is 2.74. The van der Waals surface area contributed by atoms with E-state index in [0.29, 0.717) is 33.6 Å². The summed E-state index contributed by atoms with van der Waals surface area (Å²) in [6.45, 7) is 3.61. The fourth-order valence-corrected chi connectivity index (χ4v) is 4.55. The van der Waals surface area contributed by atoms with Crippen molar-refractivity contribution < 1.29 is 18.0 Å². The maximum Gasteiger partial charge on any atom is 0.261 e. The highest BCUT2D eigenvalue weighted by Crippen LogP contribution is 2.35. The normalized spacial score (nSPS) is 12.8. The SMILES string of the molecule is CC(C)=C1C(=O)Nc2ccc(S(=O)(=O)Nc3ccc(C(=O)c4ccccc4)cc3)cc21. The van der Waals surface area contributed by atoms with E-state index in [4.69, 9.17) is 0 Å². The monoisotopic (exact) mass is 432 g/mol. The molecule has 156 valence electrons. The lowest BCUT2D eigenvalue weighted by molar-refractivity contribution is -0.110. The second kappa shape index (κ2) is 7.85. The molecule has 0 unspecified atom stereocenters. The summed E-state index contributed by atoms with van der Waals surface area (Å²) in [5.41, 5.74) is 3.80. The maximum atomic E-state index is 12.9. The van der Waals surface area contributed by atoms with Crippen molar-refractivity contribution in [1.29, 1.82) is 0 Å². The van der Waals surface area contributed by atoms with Crippen LogP contribution in [0.1, 0.15) is 35.3 Å². The second-order valence-corrected chi connectivity index (χ2v) is 9.10. The number of benzene rings is 3. The fourth-order valence-electron chi connectivity index (χ4n) is 3.47. The summed E-state index contributed by atoms with van der Waals surface area (Å²) in [7, 11) is -3.88. The minimum Gasteiger partial charge on any atom is -0.321 e. The van der Waals surface area contributed by atoms with Crippen LogP contribution < -0.4 is 10.0 Å². The molecule has 0 aliphatic carbocycles. The smallest absolute Gasteiger partial charge is 0.261 e. The molecule has 1 heterocycles. The van der Waals surface area contributed by atoms with E-state index in [1.165, 1.54) is 12.1 Å². The molecule has 0 saturated carbocycles. The Morgan fingerprint density at radius 2 is 1.52 bits per heavy atom. The summed E-state index contributed by atoms with van der Waals surface area (Å²) in [6, 6.07) is 19.7. The topological polar surface area (TPSA) is 92.3 Å². The van der Waals surface area contributed by atoms with Gasteiger partial charge in [-0.3, -0.25) is 14.3 Å². The van der Waals surface area contributed by atoms with Crippen LogP contribution in [0.3, 0.4) is 0 Å². The Hall–Kier alpha value is -3.71. The van der Waals surface area contributed by atoms with Gasteiger partial charge >= 0.3 is 0 Å². The molecule has 0 radical (unpaired) electrons. The number of amides is 1. The van der Waals surface area contributed by atoms with Crippen LogP contribution in [-0.2, 0) is 14.8 Å². The number of allylic oxidation sites excluding steroid dienone is 1. The van der Waals surface area contributed by atoms with Crippen molar-refractivity contribution in [3.05, 3.63) is 95.1 Å². The predicted octanol–water partition coefficient (Wildman–Crippen LogP) is 4.46. The number of fused-ring (bicyclic) bond motifs is 1. The molecule has 4 rings (SSSR count). The summed E-state index contributed by atoms with van der Waals surface area (Å²) >= 11 is 0. The fraction of sp³-hybridized carbons (Fsp3) is 0.0833. The second-order valence-electron chi connectivity index (χ2n) is 7.41. The molecule has 0 spiro atoms. The van der Waals surface area contributed by atoms with Crippen molar-refractivity contribution in [3.63, 3.8) is 0 Å². The molecule has 6 nitrogen and oxygen atoms in total. The molecule has 1 aliphatic rings. The van der Waals surface area contributed by atoms with E-state index < -0.39 is 10.0 Å². The van der Waals surface area contributed by atoms with Gasteiger partial charge in [0.2, 0.25) is 0 Å². The first kappa shape index (κ1) is 20.6. The lowest BCUT2D eigenvalue weighted by Crippen LogP contribution is -2.13. The van der Waals surface area contributed by atoms with Crippen molar-refractivity contribution in [1.82, 2.24) is 0 Å². The Kier molecular flexibility index (Phi) is 5.20. The lowest BCUT2D eigenvalue weighted by atomic mass is 10.0. The molecular formula is C24H20N2O4S. The van der Waals surface area contributed by atoms with E-state index in [2.05, 4.69) is 10.0 Å². The Morgan fingerprint density at radius 3 is 2.16 bits per heavy atom. The molecule has 1 amide bonds. The number of hydrogen-bond donors (Lipinski definition) is 2. The first-order valence-corrected chi connectivity index (χ1v) is 11.1. The zero-order chi connectivity index (χ0) is 22.2. The third-order valence-corrected chi connectivity index (χ3v) is 6.36. The van der Waals surface area contributed by atoms with Gasteiger partial charge in [-0.2, -0.15) is 0 Å². The molecule has 31 heavy (non-hydrogen) atoms. The van der Waals surface area contributed by atoms with Gasteiger partial charge in [-0.1, -0.05) is 35.9 Å². The van der Waals surface area contributed by atoms with Crippen LogP contribution in [0, 0.1) is 0 Å². The van der Waals surface area contributed by atoms with Gasteiger partial charge in [-0.05, 0) is 56.3 Å². The van der Waals surface area contributed by atoms with Crippen LogP contribution in [0.25, 0.3) is 5.57 Å². The molecule has 7 heteroatoms. The van der Waals surface area contributed by atoms with Crippen molar-refractivity contribution in [2.45, 2.75) is 18.7 Å². The highest BCUT2D eigenvalue weighted by Gasteiger charge is 2.27. The number of anilines is 2. The molecular weight excluding hydrogens is 412 g/mol. The third kappa shape index (κ3) is 4.00. The van der Waals surface area contributed by atoms with Crippen LogP contribution in [0.4, 0.5) is 11.4 Å². The highest BCUT2D eigenvalue weighted by molar-refractivity contribution is 7.92. The summed E-state index contributed by atoms with van der Waals surface area (Å²) < 4.78 is 28.3. The van der Waals surface area contributed by atoms with Crippen LogP contribution >= 0.6 is 0 Å². The van der Waals surface area contributed by atoms with E-state index >= 15 is 0 Å². The summed E-state index contributed by atoms with van der Waals surface area (Å²) in [4.78, 5) is 24.7. The van der Waals surface area contributed by atoms with Gasteiger partial charge in [0, 0.05) is 33.6 Å². The molecule has 0 aromatic heterocycles. The minimum atomic E-state index is -3.88. The number of sulfonamides is 1. The highest BCUT2D eigenvalue weighted by atomic mass is 32.2. The van der Waals surface area contributed by atoms with E-state index in [1.807, 2.05) is 19.9 Å². The minimum absolute atomic E-state index is 0.0472. The van der Waals surface area contributed by atoms with E-state index in [0.717, 1.165) is 5.57 Å². The van der Waals surface area contributed by atoms with Gasteiger partial charge in [-0.15, -0.1) is 0 Å². The van der Waals surface area contributed by atoms with Gasteiger partial charge < -0.3 is 5.32 Å². The number of nitrogens with one attached hydrogen (secondary N) is 2. The Balaban J connectivity index is 1.58. The van der Waals surface area contributed by atoms with Crippen LogP contribution in [-0.4, -0.2) is 20.1 Å². The van der Waals surface area contributed by atoms with Gasteiger partial charge in [0.15, 0.2) is 5.78 Å². The average molecular weight is 433 g/mol. The molecule has 0 bridgehead atoms. The van der Waals surface area contributed by atoms with Crippen LogP contribution in [0.5, 0.6) is 0 Å². The standard InChI is InChI=1S/C24H20N2O4S/c1-15(2)22-20-14-19(12-13-21(20)25-24(22)28)31(29,30)26-18-10-8-17(9-11-18)23(27)16-6-4-3-5-7-16/h3-14,26H,1-2H3,(H,25,28). The van der Waals surface area contributed by atoms with Gasteiger partial charge in [-0.25, -0.2) is 8.42 Å². The van der Waals surface area contributed by atoms with Crippen molar-refractivity contribution in [2.75, 3.05) is 10.0 Å². The zero-order valence-electron chi connectivity index (χ0n) is 17.0. The lowest BCUT2D eigenvalue weighted by Gasteiger charge is -2.10. The Labute approximate surface area is 180 Å². The molecule has 3 aromatic rings. The molecule has 0 saturated heterocycles. The number of ketones is 1. The van der Waals surface area contributed by atoms with Crippen LogP contribution in [0.2, 0.25) is 0 Å². The molecule has 2 N–H and O–H groups in total. The van der Waals surface area contributed by atoms with Crippen LogP contribution in [0.15, 0.2) is 83.3 Å². The molecule has 0 fully saturated rings. The number of carbonyl (C=O) groups excluding carboxylic acids is 2. The van der Waals surface area contributed by atoms with Gasteiger partial charge in [0.25, 0.3) is 15.9 Å². The zero-order valence-corrected chi connectivity index (χ0v) is 17.8. The van der Waals surface area contributed by atoms with Crippen molar-refractivity contribution >= 4 is 38.7 Å².